The van der Waals surface area contributed by atoms with Gasteiger partial charge in [-0.05, 0) is 81.1 Å². The molecule has 0 spiro atoms. The van der Waals surface area contributed by atoms with Gasteiger partial charge in [-0.15, -0.1) is 0 Å². The number of carbonyl (C=O) groups excluding carboxylic acids is 2. The number of hydrogen-bond acceptors (Lipinski definition) is 15. The van der Waals surface area contributed by atoms with Crippen molar-refractivity contribution in [2.24, 2.45) is 34.5 Å². The lowest BCUT2D eigenvalue weighted by atomic mass is 9.42. The molecule has 0 unspecified atom stereocenters. The van der Waals surface area contributed by atoms with E-state index in [1.54, 1.807) is 13.0 Å². The van der Waals surface area contributed by atoms with Crippen LogP contribution in [0.1, 0.15) is 79.1 Å². The van der Waals surface area contributed by atoms with Crippen LogP contribution in [0.25, 0.3) is 0 Å². The minimum atomic E-state index is -1.65. The van der Waals surface area contributed by atoms with Crippen molar-refractivity contribution in [1.29, 1.82) is 0 Å². The van der Waals surface area contributed by atoms with Gasteiger partial charge < -0.3 is 63.8 Å². The van der Waals surface area contributed by atoms with E-state index < -0.39 is 103 Å². The first kappa shape index (κ1) is 39.5. The summed E-state index contributed by atoms with van der Waals surface area (Å²) in [4.78, 5) is 24.6. The summed E-state index contributed by atoms with van der Waals surface area (Å²) in [5, 5.41) is 64.8. The molecule has 6 N–H and O–H groups in total. The number of carbonyl (C=O) groups is 2. The van der Waals surface area contributed by atoms with Crippen molar-refractivity contribution in [1.82, 2.24) is 0 Å². The number of aliphatic hydroxyl groups excluding tert-OH is 5. The van der Waals surface area contributed by atoms with Gasteiger partial charge in [0.1, 0.15) is 55.4 Å². The quantitative estimate of drug-likeness (QED) is 0.147. The van der Waals surface area contributed by atoms with Gasteiger partial charge in [-0.3, -0.25) is 4.79 Å². The van der Waals surface area contributed by atoms with Crippen LogP contribution in [0.3, 0.4) is 0 Å². The fourth-order valence-corrected chi connectivity index (χ4v) is 12.0. The number of methoxy groups -OCH3 is 1. The number of ether oxygens (including phenoxy) is 7. The lowest BCUT2D eigenvalue weighted by molar-refractivity contribution is -0.363. The molecule has 4 aliphatic carbocycles. The van der Waals surface area contributed by atoms with Crippen LogP contribution in [-0.4, -0.2) is 142 Å². The van der Waals surface area contributed by atoms with Gasteiger partial charge in [0.25, 0.3) is 0 Å². The number of cyclic esters (lactones) is 1. The monoisotopic (exact) mass is 754 g/mol. The van der Waals surface area contributed by atoms with Crippen LogP contribution in [0.5, 0.6) is 0 Å². The fourth-order valence-electron chi connectivity index (χ4n) is 12.0. The molecule has 0 amide bonds. The Hall–Kier alpha value is -1.76. The average Bonchev–Trinajstić information content (AvgIpc) is 3.66. The first-order valence-corrected chi connectivity index (χ1v) is 19.3. The van der Waals surface area contributed by atoms with Crippen LogP contribution < -0.4 is 0 Å². The first-order chi connectivity index (χ1) is 25.1. The van der Waals surface area contributed by atoms with Crippen molar-refractivity contribution in [3.63, 3.8) is 0 Å². The maximum Gasteiger partial charge on any atom is 0.331 e. The normalized spacial score (nSPS) is 52.5. The Morgan fingerprint density at radius 1 is 0.906 bits per heavy atom. The third-order valence-corrected chi connectivity index (χ3v) is 14.8. The van der Waals surface area contributed by atoms with Crippen LogP contribution >= 0.6 is 0 Å². The smallest absolute Gasteiger partial charge is 0.331 e. The second-order valence-electron chi connectivity index (χ2n) is 17.2. The van der Waals surface area contributed by atoms with Gasteiger partial charge in [0.15, 0.2) is 12.6 Å². The first-order valence-electron chi connectivity index (χ1n) is 19.3. The zero-order chi connectivity index (χ0) is 38.2. The van der Waals surface area contributed by atoms with Gasteiger partial charge in [0.05, 0.1) is 24.4 Å². The van der Waals surface area contributed by atoms with Gasteiger partial charge in [-0.25, -0.2) is 4.79 Å². The van der Waals surface area contributed by atoms with Crippen molar-refractivity contribution in [2.75, 3.05) is 20.3 Å². The summed E-state index contributed by atoms with van der Waals surface area (Å²) in [6.07, 6.45) is -6.41. The van der Waals surface area contributed by atoms with E-state index in [9.17, 15) is 40.2 Å². The van der Waals surface area contributed by atoms with Crippen LogP contribution in [0.15, 0.2) is 11.6 Å². The van der Waals surface area contributed by atoms with E-state index in [-0.39, 0.29) is 36.2 Å². The Bertz CT molecular complexity index is 1410. The van der Waals surface area contributed by atoms with E-state index in [4.69, 9.17) is 33.2 Å². The number of esters is 2. The molecule has 7 rings (SSSR count). The third kappa shape index (κ3) is 6.39. The second kappa shape index (κ2) is 14.6. The molecule has 15 nitrogen and oxygen atoms in total. The topological polar surface area (TPSA) is 220 Å². The molecule has 19 atom stereocenters. The predicted octanol–water partition coefficient (Wildman–Crippen LogP) is 0.476. The van der Waals surface area contributed by atoms with E-state index in [1.807, 2.05) is 0 Å². The fraction of sp³-hybridized carbons (Fsp3) is 0.895. The molecule has 0 aromatic carbocycles. The number of aliphatic hydroxyl groups is 6. The Kier molecular flexibility index (Phi) is 10.9. The summed E-state index contributed by atoms with van der Waals surface area (Å²) in [7, 11) is 1.39. The standard InChI is InChI=1S/C38H58O15/c1-17-32(53-34-30(44)29(43)28(42)25(15-39)52-34)33(47-5)31(45)35(49-17)51-21-13-20-6-7-24-23(37(20,4)26(14-21)50-18(2)40)8-10-36(3)22(9-11-38(24,36)46)19-12-27(41)48-16-19/h12,17,20-26,28-35,39,42-46H,6-11,13-16H2,1-5H3/t17-,20+,21+,22+,23-,24+,25+,26+,28+,29-,30+,31+,32+,33-,34-,35-,36+,37-,38-/m0/s1. The highest BCUT2D eigenvalue weighted by atomic mass is 16.7. The van der Waals surface area contributed by atoms with E-state index in [0.29, 0.717) is 19.3 Å². The minimum Gasteiger partial charge on any atom is -0.462 e. The zero-order valence-electron chi connectivity index (χ0n) is 31.2. The zero-order valence-corrected chi connectivity index (χ0v) is 31.2. The van der Waals surface area contributed by atoms with Gasteiger partial charge >= 0.3 is 11.9 Å². The van der Waals surface area contributed by atoms with Crippen molar-refractivity contribution in [3.8, 4) is 0 Å². The van der Waals surface area contributed by atoms with Crippen molar-refractivity contribution in [2.45, 2.75) is 158 Å². The molecule has 0 bridgehead atoms. The molecule has 300 valence electrons. The summed E-state index contributed by atoms with van der Waals surface area (Å²) < 4.78 is 41.3. The lowest BCUT2D eigenvalue weighted by Gasteiger charge is -2.65. The summed E-state index contributed by atoms with van der Waals surface area (Å²) in [5.41, 5.74) is -0.795. The number of hydrogen-bond donors (Lipinski definition) is 6. The summed E-state index contributed by atoms with van der Waals surface area (Å²) in [5.74, 6) is -0.460. The molecular formula is C38H58O15. The molecular weight excluding hydrogens is 696 g/mol. The maximum atomic E-state index is 12.7. The van der Waals surface area contributed by atoms with Gasteiger partial charge in [-0.2, -0.15) is 0 Å². The maximum absolute atomic E-state index is 12.7. The van der Waals surface area contributed by atoms with Gasteiger partial charge in [0, 0.05) is 37.4 Å². The van der Waals surface area contributed by atoms with Crippen molar-refractivity contribution >= 4 is 11.9 Å². The SMILES string of the molecule is CO[C@H]1[C@@H](O)[C@H](O[C@@H]2C[C@H]3CC[C@@H]4[C@H](CC[C@]5(C)[C@@H](C6=CC(=O)OC6)CC[C@]45O)[C@@]3(C)[C@H](OC(C)=O)C2)O[C@@H](C)[C@H]1O[C@@H]1O[C@H](CO)[C@@H](O)[C@H](O)[C@H]1O. The Morgan fingerprint density at radius 2 is 1.64 bits per heavy atom. The largest absolute Gasteiger partial charge is 0.462 e. The van der Waals surface area contributed by atoms with E-state index in [1.165, 1.54) is 14.0 Å². The Morgan fingerprint density at radius 3 is 2.30 bits per heavy atom. The lowest BCUT2D eigenvalue weighted by Crippen LogP contribution is -2.66. The molecule has 0 aromatic rings. The predicted molar refractivity (Wildman–Crippen MR) is 181 cm³/mol. The van der Waals surface area contributed by atoms with Gasteiger partial charge in [0.2, 0.25) is 0 Å². The molecule has 7 aliphatic rings. The van der Waals surface area contributed by atoms with E-state index in [2.05, 4.69) is 13.8 Å². The molecule has 3 aliphatic heterocycles. The van der Waals surface area contributed by atoms with Gasteiger partial charge in [-0.1, -0.05) is 13.8 Å². The van der Waals surface area contributed by atoms with E-state index in [0.717, 1.165) is 37.7 Å². The van der Waals surface area contributed by atoms with Crippen molar-refractivity contribution < 1.29 is 73.4 Å². The minimum absolute atomic E-state index is 0.00547. The van der Waals surface area contributed by atoms with E-state index >= 15 is 0 Å². The molecule has 2 saturated heterocycles. The Balaban J connectivity index is 1.06. The molecule has 0 radical (unpaired) electrons. The summed E-state index contributed by atoms with van der Waals surface area (Å²) in [6.45, 7) is 7.14. The van der Waals surface area contributed by atoms with Crippen LogP contribution in [0.2, 0.25) is 0 Å². The van der Waals surface area contributed by atoms with Crippen molar-refractivity contribution in [3.05, 3.63) is 11.6 Å². The highest BCUT2D eigenvalue weighted by molar-refractivity contribution is 5.85. The molecule has 0 aromatic heterocycles. The average molecular weight is 755 g/mol. The third-order valence-electron chi connectivity index (χ3n) is 14.8. The molecule has 15 heteroatoms. The molecule has 53 heavy (non-hydrogen) atoms. The molecule has 6 fully saturated rings. The van der Waals surface area contributed by atoms with Crippen LogP contribution in [0, 0.1) is 34.5 Å². The summed E-state index contributed by atoms with van der Waals surface area (Å²) >= 11 is 0. The second-order valence-corrected chi connectivity index (χ2v) is 17.2. The molecule has 4 saturated carbocycles. The van der Waals surface area contributed by atoms with Crippen LogP contribution in [0.4, 0.5) is 0 Å². The molecule has 3 heterocycles. The number of fused-ring (bicyclic) bond motifs is 5. The highest BCUT2D eigenvalue weighted by Gasteiger charge is 2.69. The van der Waals surface area contributed by atoms with Crippen LogP contribution in [-0.2, 0) is 42.7 Å². The summed E-state index contributed by atoms with van der Waals surface area (Å²) in [6, 6.07) is 0. The Labute approximate surface area is 309 Å². The number of rotatable bonds is 8. The highest BCUT2D eigenvalue weighted by Crippen LogP contribution is 2.70.